The first-order valence-electron chi connectivity index (χ1n) is 6.70. The van der Waals surface area contributed by atoms with E-state index in [1.807, 2.05) is 0 Å². The lowest BCUT2D eigenvalue weighted by atomic mass is 10.2. The van der Waals surface area contributed by atoms with Crippen molar-refractivity contribution in [2.24, 2.45) is 0 Å². The zero-order valence-electron chi connectivity index (χ0n) is 12.3. The van der Waals surface area contributed by atoms with E-state index in [0.29, 0.717) is 0 Å². The first kappa shape index (κ1) is 18.2. The summed E-state index contributed by atoms with van der Waals surface area (Å²) in [6, 6.07) is 6.57. The monoisotopic (exact) mass is 362 g/mol. The Morgan fingerprint density at radius 3 is 2.42 bits per heavy atom. The predicted octanol–water partition coefficient (Wildman–Crippen LogP) is 5.24. The van der Waals surface area contributed by atoms with Crippen molar-refractivity contribution in [3.8, 4) is 17.2 Å². The minimum atomic E-state index is -4.51. The summed E-state index contributed by atoms with van der Waals surface area (Å²) in [6.45, 7) is 1.90. The summed E-state index contributed by atoms with van der Waals surface area (Å²) in [5.74, 6) is 0.226. The van der Waals surface area contributed by atoms with Gasteiger partial charge in [0.05, 0.1) is 22.9 Å². The van der Waals surface area contributed by atoms with Crippen LogP contribution < -0.4 is 14.7 Å². The molecule has 5 nitrogen and oxygen atoms in total. The number of anilines is 1. The molecule has 0 saturated carbocycles. The molecule has 0 aromatic heterocycles. The van der Waals surface area contributed by atoms with Gasteiger partial charge in [0.1, 0.15) is 17.2 Å². The van der Waals surface area contributed by atoms with Gasteiger partial charge < -0.3 is 19.9 Å². The molecule has 0 heterocycles. The van der Waals surface area contributed by atoms with Crippen molar-refractivity contribution in [3.63, 3.8) is 0 Å². The van der Waals surface area contributed by atoms with Gasteiger partial charge in [0.2, 0.25) is 0 Å². The van der Waals surface area contributed by atoms with Crippen molar-refractivity contribution < 1.29 is 27.9 Å². The molecule has 0 aliphatic heterocycles. The van der Waals surface area contributed by atoms with Crippen LogP contribution in [-0.2, 0) is 6.18 Å². The van der Waals surface area contributed by atoms with Crippen LogP contribution in [0.2, 0.25) is 5.02 Å². The van der Waals surface area contributed by atoms with Crippen molar-refractivity contribution in [2.45, 2.75) is 13.1 Å². The lowest BCUT2D eigenvalue weighted by Gasteiger charge is -2.24. The third kappa shape index (κ3) is 4.22. The number of halogens is 4. The summed E-state index contributed by atoms with van der Waals surface area (Å²) < 4.78 is 48.5. The molecule has 0 saturated heterocycles. The highest BCUT2D eigenvalue weighted by molar-refractivity contribution is 6.32. The molecule has 0 unspecified atom stereocenters. The van der Waals surface area contributed by atoms with E-state index in [4.69, 9.17) is 26.3 Å². The second-order valence-corrected chi connectivity index (χ2v) is 4.99. The highest BCUT2D eigenvalue weighted by Gasteiger charge is 2.31. The van der Waals surface area contributed by atoms with Crippen LogP contribution in [0.15, 0.2) is 36.4 Å². The first-order valence-corrected chi connectivity index (χ1v) is 7.07. The number of ether oxygens (including phenoxy) is 2. The van der Waals surface area contributed by atoms with Gasteiger partial charge in [-0.15, -0.1) is 0 Å². The van der Waals surface area contributed by atoms with Gasteiger partial charge in [-0.05, 0) is 37.3 Å². The number of benzene rings is 2. The molecule has 0 amide bonds. The van der Waals surface area contributed by atoms with Crippen molar-refractivity contribution in [1.29, 1.82) is 0 Å². The number of hydrogen-bond acceptors (Lipinski definition) is 5. The van der Waals surface area contributed by atoms with Crippen LogP contribution in [0.3, 0.4) is 0 Å². The third-order valence-electron chi connectivity index (χ3n) is 2.92. The molecule has 1 N–H and O–H groups in total. The van der Waals surface area contributed by atoms with E-state index in [0.717, 1.165) is 18.2 Å². The van der Waals surface area contributed by atoms with Crippen LogP contribution in [0, 0.1) is 5.21 Å². The van der Waals surface area contributed by atoms with E-state index in [9.17, 15) is 18.4 Å². The minimum Gasteiger partial charge on any atom is -0.733 e. The molecule has 0 atom stereocenters. The second kappa shape index (κ2) is 7.16. The predicted molar refractivity (Wildman–Crippen MR) is 81.8 cm³/mol. The molecular weight excluding hydrogens is 351 g/mol. The quantitative estimate of drug-likeness (QED) is 0.736. The normalized spacial score (nSPS) is 11.3. The summed E-state index contributed by atoms with van der Waals surface area (Å²) in [5, 5.41) is 19.4. The standard InChI is InChI=1S/C15H12ClF3NO4/c1-2-23-14-8-10(4-5-12(14)20(21)22)24-13-6-3-9(7-11(13)16)15(17,18)19/h3-8,21H,2H2,1H3/q-1. The van der Waals surface area contributed by atoms with Gasteiger partial charge in [-0.1, -0.05) is 11.6 Å². The van der Waals surface area contributed by atoms with Crippen molar-refractivity contribution in [3.05, 3.63) is 52.2 Å². The maximum Gasteiger partial charge on any atom is 0.416 e. The van der Waals surface area contributed by atoms with E-state index in [2.05, 4.69) is 0 Å². The molecule has 2 aromatic carbocycles. The van der Waals surface area contributed by atoms with Crippen LogP contribution >= 0.6 is 11.6 Å². The van der Waals surface area contributed by atoms with E-state index >= 15 is 0 Å². The Balaban J connectivity index is 2.29. The van der Waals surface area contributed by atoms with Crippen LogP contribution in [0.25, 0.3) is 0 Å². The summed E-state index contributed by atoms with van der Waals surface area (Å²) in [4.78, 5) is 0. The average molecular weight is 363 g/mol. The zero-order chi connectivity index (χ0) is 17.9. The Hall–Kier alpha value is -2.16. The number of hydrogen-bond donors (Lipinski definition) is 1. The van der Waals surface area contributed by atoms with Gasteiger partial charge in [-0.2, -0.15) is 13.2 Å². The van der Waals surface area contributed by atoms with Gasteiger partial charge in [0.15, 0.2) is 0 Å². The molecule has 0 fully saturated rings. The Labute approximate surface area is 140 Å². The lowest BCUT2D eigenvalue weighted by molar-refractivity contribution is -0.137. The Kier molecular flexibility index (Phi) is 5.43. The van der Waals surface area contributed by atoms with Crippen molar-refractivity contribution in [2.75, 3.05) is 11.8 Å². The molecule has 2 aromatic rings. The SMILES string of the molecule is CCOc1cc(Oc2ccc(C(F)(F)F)cc2Cl)ccc1N([O-])O. The highest BCUT2D eigenvalue weighted by atomic mass is 35.5. The van der Waals surface area contributed by atoms with Gasteiger partial charge in [0, 0.05) is 6.07 Å². The van der Waals surface area contributed by atoms with Gasteiger partial charge >= 0.3 is 6.18 Å². The maximum absolute atomic E-state index is 12.6. The van der Waals surface area contributed by atoms with Crippen LogP contribution in [0.1, 0.15) is 12.5 Å². The van der Waals surface area contributed by atoms with Crippen LogP contribution in [-0.4, -0.2) is 11.8 Å². The molecule has 0 radical (unpaired) electrons. The highest BCUT2D eigenvalue weighted by Crippen LogP contribution is 2.38. The van der Waals surface area contributed by atoms with E-state index in [-0.39, 0.29) is 39.8 Å². The lowest BCUT2D eigenvalue weighted by Crippen LogP contribution is -2.09. The molecule has 0 aliphatic rings. The second-order valence-electron chi connectivity index (χ2n) is 4.58. The van der Waals surface area contributed by atoms with Crippen LogP contribution in [0.5, 0.6) is 17.2 Å². The first-order chi connectivity index (χ1) is 11.2. The summed E-state index contributed by atoms with van der Waals surface area (Å²) >= 11 is 5.81. The Morgan fingerprint density at radius 1 is 1.17 bits per heavy atom. The third-order valence-corrected chi connectivity index (χ3v) is 3.22. The minimum absolute atomic E-state index is 0.00263. The summed E-state index contributed by atoms with van der Waals surface area (Å²) in [6.07, 6.45) is -4.51. The molecule has 0 spiro atoms. The van der Waals surface area contributed by atoms with Crippen molar-refractivity contribution in [1.82, 2.24) is 0 Å². The molecular formula is C15H12ClF3NO4-. The maximum atomic E-state index is 12.6. The smallest absolute Gasteiger partial charge is 0.416 e. The molecule has 2 rings (SSSR count). The van der Waals surface area contributed by atoms with Gasteiger partial charge in [0.25, 0.3) is 0 Å². The van der Waals surface area contributed by atoms with E-state index in [1.54, 1.807) is 6.92 Å². The van der Waals surface area contributed by atoms with E-state index in [1.165, 1.54) is 18.2 Å². The molecule has 130 valence electrons. The number of rotatable bonds is 5. The van der Waals surface area contributed by atoms with Gasteiger partial charge in [-0.25, -0.2) is 0 Å². The molecule has 9 heteroatoms. The number of nitrogens with zero attached hydrogens (tertiary/aromatic N) is 1. The fraction of sp³-hybridized carbons (Fsp3) is 0.200. The molecule has 0 aliphatic carbocycles. The van der Waals surface area contributed by atoms with Gasteiger partial charge in [-0.3, -0.25) is 5.21 Å². The topological polar surface area (TPSA) is 65.0 Å². The van der Waals surface area contributed by atoms with Crippen molar-refractivity contribution >= 4 is 17.3 Å². The average Bonchev–Trinajstić information content (AvgIpc) is 2.48. The Bertz CT molecular complexity index is 722. The largest absolute Gasteiger partial charge is 0.733 e. The molecule has 0 bridgehead atoms. The van der Waals surface area contributed by atoms with E-state index < -0.39 is 11.7 Å². The fourth-order valence-corrected chi connectivity index (χ4v) is 2.09. The fourth-order valence-electron chi connectivity index (χ4n) is 1.87. The Morgan fingerprint density at radius 2 is 1.88 bits per heavy atom. The number of alkyl halides is 3. The zero-order valence-corrected chi connectivity index (χ0v) is 13.1. The van der Waals surface area contributed by atoms with Crippen LogP contribution in [0.4, 0.5) is 18.9 Å². The summed E-state index contributed by atoms with van der Waals surface area (Å²) in [7, 11) is 0. The summed E-state index contributed by atoms with van der Waals surface area (Å²) in [5.41, 5.74) is -1.03. The molecule has 24 heavy (non-hydrogen) atoms.